The summed E-state index contributed by atoms with van der Waals surface area (Å²) in [5.74, 6) is 1.55. The molecular formula is C9H14ClNO2. The predicted molar refractivity (Wildman–Crippen MR) is 54.7 cm³/mol. The van der Waals surface area contributed by atoms with Crippen LogP contribution in [0.4, 0.5) is 0 Å². The molecule has 0 heterocycles. The average Bonchev–Trinajstić information content (AvgIpc) is 2.16. The minimum absolute atomic E-state index is 0. The SMILES string of the molecule is COc1cc(CN)cc(OC)c1.Cl. The molecule has 0 aliphatic heterocycles. The molecule has 0 saturated carbocycles. The van der Waals surface area contributed by atoms with Crippen molar-refractivity contribution < 1.29 is 9.47 Å². The van der Waals surface area contributed by atoms with Crippen LogP contribution in [-0.2, 0) is 6.54 Å². The third-order valence-electron chi connectivity index (χ3n) is 1.65. The van der Waals surface area contributed by atoms with E-state index >= 15 is 0 Å². The lowest BCUT2D eigenvalue weighted by molar-refractivity contribution is 0.393. The third-order valence-corrected chi connectivity index (χ3v) is 1.65. The first-order chi connectivity index (χ1) is 5.80. The van der Waals surface area contributed by atoms with E-state index in [1.807, 2.05) is 18.2 Å². The normalized spacial score (nSPS) is 8.85. The summed E-state index contributed by atoms with van der Waals surface area (Å²) in [5.41, 5.74) is 6.49. The van der Waals surface area contributed by atoms with Gasteiger partial charge in [-0.05, 0) is 17.7 Å². The molecule has 3 nitrogen and oxygen atoms in total. The lowest BCUT2D eigenvalue weighted by Gasteiger charge is -2.06. The van der Waals surface area contributed by atoms with E-state index in [1.165, 1.54) is 0 Å². The van der Waals surface area contributed by atoms with E-state index in [-0.39, 0.29) is 12.4 Å². The zero-order chi connectivity index (χ0) is 8.97. The Morgan fingerprint density at radius 3 is 1.85 bits per heavy atom. The topological polar surface area (TPSA) is 44.5 Å². The number of nitrogens with two attached hydrogens (primary N) is 1. The van der Waals surface area contributed by atoms with Crippen LogP contribution in [0.2, 0.25) is 0 Å². The number of methoxy groups -OCH3 is 2. The molecule has 74 valence electrons. The van der Waals surface area contributed by atoms with E-state index in [9.17, 15) is 0 Å². The van der Waals surface area contributed by atoms with Gasteiger partial charge in [-0.3, -0.25) is 0 Å². The van der Waals surface area contributed by atoms with Crippen molar-refractivity contribution in [2.24, 2.45) is 5.73 Å². The number of benzene rings is 1. The van der Waals surface area contributed by atoms with Gasteiger partial charge in [-0.1, -0.05) is 0 Å². The quantitative estimate of drug-likeness (QED) is 0.812. The molecular weight excluding hydrogens is 190 g/mol. The van der Waals surface area contributed by atoms with Crippen LogP contribution >= 0.6 is 12.4 Å². The molecule has 0 aromatic heterocycles. The summed E-state index contributed by atoms with van der Waals surface area (Å²) < 4.78 is 10.1. The molecule has 0 saturated heterocycles. The fourth-order valence-electron chi connectivity index (χ4n) is 0.984. The molecule has 0 aliphatic carbocycles. The Kier molecular flexibility index (Phi) is 5.26. The lowest BCUT2D eigenvalue weighted by Crippen LogP contribution is -1.97. The van der Waals surface area contributed by atoms with Crippen LogP contribution in [0.25, 0.3) is 0 Å². The molecule has 2 N–H and O–H groups in total. The van der Waals surface area contributed by atoms with Gasteiger partial charge < -0.3 is 15.2 Å². The molecule has 13 heavy (non-hydrogen) atoms. The average molecular weight is 204 g/mol. The van der Waals surface area contributed by atoms with Crippen molar-refractivity contribution in [3.8, 4) is 11.5 Å². The summed E-state index contributed by atoms with van der Waals surface area (Å²) in [6.07, 6.45) is 0. The van der Waals surface area contributed by atoms with Crippen LogP contribution in [0.15, 0.2) is 18.2 Å². The van der Waals surface area contributed by atoms with Gasteiger partial charge in [0.1, 0.15) is 11.5 Å². The van der Waals surface area contributed by atoms with Crippen molar-refractivity contribution in [2.75, 3.05) is 14.2 Å². The van der Waals surface area contributed by atoms with Crippen LogP contribution in [-0.4, -0.2) is 14.2 Å². The van der Waals surface area contributed by atoms with Crippen LogP contribution < -0.4 is 15.2 Å². The second kappa shape index (κ2) is 5.67. The summed E-state index contributed by atoms with van der Waals surface area (Å²) in [5, 5.41) is 0. The van der Waals surface area contributed by atoms with Crippen LogP contribution in [0.1, 0.15) is 5.56 Å². The summed E-state index contributed by atoms with van der Waals surface area (Å²) >= 11 is 0. The maximum atomic E-state index is 5.49. The Hall–Kier alpha value is -0.930. The summed E-state index contributed by atoms with van der Waals surface area (Å²) in [4.78, 5) is 0. The number of hydrogen-bond donors (Lipinski definition) is 1. The maximum absolute atomic E-state index is 5.49. The first-order valence-corrected chi connectivity index (χ1v) is 3.72. The first-order valence-electron chi connectivity index (χ1n) is 3.72. The largest absolute Gasteiger partial charge is 0.497 e. The number of hydrogen-bond acceptors (Lipinski definition) is 3. The fraction of sp³-hybridized carbons (Fsp3) is 0.333. The highest BCUT2D eigenvalue weighted by Gasteiger charge is 1.99. The van der Waals surface area contributed by atoms with Gasteiger partial charge >= 0.3 is 0 Å². The van der Waals surface area contributed by atoms with E-state index < -0.39 is 0 Å². The Labute approximate surface area is 84.2 Å². The number of ether oxygens (including phenoxy) is 2. The molecule has 1 aromatic rings. The minimum atomic E-state index is 0. The Bertz CT molecular complexity index is 211. The zero-order valence-electron chi connectivity index (χ0n) is 7.74. The number of rotatable bonds is 3. The molecule has 0 bridgehead atoms. The molecule has 1 aromatic carbocycles. The Balaban J connectivity index is 0.00000144. The van der Waals surface area contributed by atoms with Gasteiger partial charge in [0.25, 0.3) is 0 Å². The molecule has 0 aliphatic rings. The van der Waals surface area contributed by atoms with E-state index in [1.54, 1.807) is 14.2 Å². The van der Waals surface area contributed by atoms with Crippen molar-refractivity contribution in [3.63, 3.8) is 0 Å². The van der Waals surface area contributed by atoms with Gasteiger partial charge in [-0.25, -0.2) is 0 Å². The lowest BCUT2D eigenvalue weighted by atomic mass is 10.2. The summed E-state index contributed by atoms with van der Waals surface area (Å²) in [6.45, 7) is 0.494. The molecule has 1 rings (SSSR count). The van der Waals surface area contributed by atoms with Gasteiger partial charge in [-0.15, -0.1) is 12.4 Å². The van der Waals surface area contributed by atoms with Crippen LogP contribution in [0.5, 0.6) is 11.5 Å². The van der Waals surface area contributed by atoms with Crippen molar-refractivity contribution >= 4 is 12.4 Å². The van der Waals surface area contributed by atoms with Gasteiger partial charge in [0.2, 0.25) is 0 Å². The summed E-state index contributed by atoms with van der Waals surface area (Å²) in [7, 11) is 3.24. The van der Waals surface area contributed by atoms with Crippen molar-refractivity contribution in [2.45, 2.75) is 6.54 Å². The van der Waals surface area contributed by atoms with Crippen molar-refractivity contribution in [1.29, 1.82) is 0 Å². The van der Waals surface area contributed by atoms with Crippen LogP contribution in [0, 0.1) is 0 Å². The molecule has 0 amide bonds. The van der Waals surface area contributed by atoms with E-state index in [0.717, 1.165) is 17.1 Å². The van der Waals surface area contributed by atoms with Crippen molar-refractivity contribution in [3.05, 3.63) is 23.8 Å². The highest BCUT2D eigenvalue weighted by atomic mass is 35.5. The predicted octanol–water partition coefficient (Wildman–Crippen LogP) is 1.58. The van der Waals surface area contributed by atoms with E-state index in [4.69, 9.17) is 15.2 Å². The Morgan fingerprint density at radius 2 is 1.54 bits per heavy atom. The van der Waals surface area contributed by atoms with E-state index in [0.29, 0.717) is 6.54 Å². The van der Waals surface area contributed by atoms with Gasteiger partial charge in [-0.2, -0.15) is 0 Å². The molecule has 4 heteroatoms. The summed E-state index contributed by atoms with van der Waals surface area (Å²) in [6, 6.07) is 5.60. The van der Waals surface area contributed by atoms with Crippen LogP contribution in [0.3, 0.4) is 0 Å². The van der Waals surface area contributed by atoms with E-state index in [2.05, 4.69) is 0 Å². The highest BCUT2D eigenvalue weighted by molar-refractivity contribution is 5.85. The maximum Gasteiger partial charge on any atom is 0.122 e. The molecule has 0 radical (unpaired) electrons. The zero-order valence-corrected chi connectivity index (χ0v) is 8.56. The molecule has 0 atom stereocenters. The smallest absolute Gasteiger partial charge is 0.122 e. The minimum Gasteiger partial charge on any atom is -0.497 e. The van der Waals surface area contributed by atoms with Gasteiger partial charge in [0.05, 0.1) is 14.2 Å². The molecule has 0 fully saturated rings. The monoisotopic (exact) mass is 203 g/mol. The standard InChI is InChI=1S/C9H13NO2.ClH/c1-11-8-3-7(6-10)4-9(5-8)12-2;/h3-5H,6,10H2,1-2H3;1H. The number of halogens is 1. The molecule has 0 spiro atoms. The fourth-order valence-corrected chi connectivity index (χ4v) is 0.984. The molecule has 0 unspecified atom stereocenters. The Morgan fingerprint density at radius 1 is 1.08 bits per heavy atom. The third kappa shape index (κ3) is 3.13. The highest BCUT2D eigenvalue weighted by Crippen LogP contribution is 2.21. The second-order valence-corrected chi connectivity index (χ2v) is 2.43. The van der Waals surface area contributed by atoms with Gasteiger partial charge in [0.15, 0.2) is 0 Å². The van der Waals surface area contributed by atoms with Crippen molar-refractivity contribution in [1.82, 2.24) is 0 Å². The second-order valence-electron chi connectivity index (χ2n) is 2.43. The van der Waals surface area contributed by atoms with Gasteiger partial charge in [0, 0.05) is 12.6 Å². The first kappa shape index (κ1) is 12.1.